The standard InChI is InChI=1S/C17H20F2N6O/c18-16(19)12-10-14(21-17(20-12)11-2-3-11)25-7-1-6-24(8-9-25)13-4-5-15(26)23-22-13/h4-5,10-11,16H,1-3,6-9H2,(H,23,26). The minimum Gasteiger partial charge on any atom is -0.355 e. The molecule has 4 rings (SSSR count). The molecule has 2 aromatic heterocycles. The van der Waals surface area contributed by atoms with Gasteiger partial charge >= 0.3 is 0 Å². The Morgan fingerprint density at radius 3 is 2.38 bits per heavy atom. The zero-order valence-corrected chi connectivity index (χ0v) is 14.2. The predicted molar refractivity (Wildman–Crippen MR) is 92.9 cm³/mol. The second-order valence-corrected chi connectivity index (χ2v) is 6.69. The van der Waals surface area contributed by atoms with Gasteiger partial charge in [0.25, 0.3) is 12.0 Å². The van der Waals surface area contributed by atoms with Crippen LogP contribution < -0.4 is 15.4 Å². The molecule has 0 atom stereocenters. The first-order chi connectivity index (χ1) is 12.6. The lowest BCUT2D eigenvalue weighted by molar-refractivity contribution is 0.145. The molecule has 2 fully saturated rings. The smallest absolute Gasteiger partial charge is 0.280 e. The Morgan fingerprint density at radius 2 is 1.77 bits per heavy atom. The van der Waals surface area contributed by atoms with Crippen molar-refractivity contribution < 1.29 is 8.78 Å². The second-order valence-electron chi connectivity index (χ2n) is 6.69. The molecule has 3 heterocycles. The normalized spacial score (nSPS) is 18.3. The second kappa shape index (κ2) is 6.97. The maximum Gasteiger partial charge on any atom is 0.280 e. The summed E-state index contributed by atoms with van der Waals surface area (Å²) in [5.41, 5.74) is -0.432. The van der Waals surface area contributed by atoms with E-state index in [9.17, 15) is 13.6 Å². The molecule has 1 aliphatic heterocycles. The first kappa shape index (κ1) is 16.9. The molecule has 0 spiro atoms. The number of anilines is 2. The van der Waals surface area contributed by atoms with Gasteiger partial charge < -0.3 is 9.80 Å². The average molecular weight is 362 g/mol. The van der Waals surface area contributed by atoms with E-state index in [1.54, 1.807) is 6.07 Å². The largest absolute Gasteiger partial charge is 0.355 e. The van der Waals surface area contributed by atoms with Crippen molar-refractivity contribution in [2.75, 3.05) is 36.0 Å². The van der Waals surface area contributed by atoms with Crippen LogP contribution in [0.5, 0.6) is 0 Å². The number of halogens is 2. The maximum atomic E-state index is 13.2. The third kappa shape index (κ3) is 3.66. The van der Waals surface area contributed by atoms with Crippen molar-refractivity contribution in [2.24, 2.45) is 0 Å². The van der Waals surface area contributed by atoms with Gasteiger partial charge in [0.05, 0.1) is 0 Å². The Kier molecular flexibility index (Phi) is 4.52. The van der Waals surface area contributed by atoms with E-state index in [2.05, 4.69) is 25.1 Å². The molecule has 2 aliphatic rings. The quantitative estimate of drug-likeness (QED) is 0.897. The van der Waals surface area contributed by atoms with Gasteiger partial charge in [-0.15, -0.1) is 0 Å². The summed E-state index contributed by atoms with van der Waals surface area (Å²) in [6.45, 7) is 2.82. The van der Waals surface area contributed by atoms with Gasteiger partial charge in [0, 0.05) is 44.2 Å². The number of hydrogen-bond acceptors (Lipinski definition) is 6. The summed E-state index contributed by atoms with van der Waals surface area (Å²) in [5, 5.41) is 6.51. The number of nitrogens with zero attached hydrogens (tertiary/aromatic N) is 5. The number of hydrogen-bond donors (Lipinski definition) is 1. The van der Waals surface area contributed by atoms with Crippen LogP contribution in [0.25, 0.3) is 0 Å². The molecular weight excluding hydrogens is 342 g/mol. The van der Waals surface area contributed by atoms with Crippen LogP contribution in [-0.4, -0.2) is 46.3 Å². The van der Waals surface area contributed by atoms with Gasteiger partial charge in [0.2, 0.25) is 0 Å². The number of aromatic amines is 1. The zero-order valence-electron chi connectivity index (χ0n) is 14.2. The van der Waals surface area contributed by atoms with Crippen LogP contribution in [-0.2, 0) is 0 Å². The highest BCUT2D eigenvalue weighted by molar-refractivity contribution is 5.43. The lowest BCUT2D eigenvalue weighted by atomic mass is 10.3. The third-order valence-electron chi connectivity index (χ3n) is 4.72. The number of alkyl halides is 2. The fraction of sp³-hybridized carbons (Fsp3) is 0.529. The molecule has 1 saturated carbocycles. The van der Waals surface area contributed by atoms with E-state index in [4.69, 9.17) is 0 Å². The van der Waals surface area contributed by atoms with E-state index in [1.807, 2.05) is 4.90 Å². The molecule has 0 bridgehead atoms. The molecule has 138 valence electrons. The van der Waals surface area contributed by atoms with E-state index in [0.717, 1.165) is 32.4 Å². The van der Waals surface area contributed by atoms with Gasteiger partial charge in [-0.25, -0.2) is 23.8 Å². The molecule has 0 radical (unpaired) electrons. The number of H-pyrrole nitrogens is 1. The minimum absolute atomic E-state index is 0.194. The number of rotatable bonds is 4. The molecule has 1 N–H and O–H groups in total. The Hall–Kier alpha value is -2.58. The minimum atomic E-state index is -2.59. The van der Waals surface area contributed by atoms with Crippen LogP contribution in [0.4, 0.5) is 20.4 Å². The fourth-order valence-electron chi connectivity index (χ4n) is 3.16. The molecule has 9 heteroatoms. The zero-order chi connectivity index (χ0) is 18.1. The summed E-state index contributed by atoms with van der Waals surface area (Å²) in [6, 6.07) is 4.55. The predicted octanol–water partition coefficient (Wildman–Crippen LogP) is 2.09. The highest BCUT2D eigenvalue weighted by Gasteiger charge is 2.29. The van der Waals surface area contributed by atoms with Crippen molar-refractivity contribution in [1.29, 1.82) is 0 Å². The van der Waals surface area contributed by atoms with Crippen molar-refractivity contribution >= 4 is 11.6 Å². The summed E-state index contributed by atoms with van der Waals surface area (Å²) in [7, 11) is 0. The Balaban J connectivity index is 1.53. The molecule has 1 saturated heterocycles. The van der Waals surface area contributed by atoms with Gasteiger partial charge in [0.15, 0.2) is 0 Å². The van der Waals surface area contributed by atoms with Crippen LogP contribution in [0.15, 0.2) is 23.0 Å². The first-order valence-corrected chi connectivity index (χ1v) is 8.83. The van der Waals surface area contributed by atoms with Gasteiger partial charge in [-0.05, 0) is 25.3 Å². The van der Waals surface area contributed by atoms with E-state index >= 15 is 0 Å². The summed E-state index contributed by atoms with van der Waals surface area (Å²) in [6.07, 6.45) is 0.187. The average Bonchev–Trinajstić information content (AvgIpc) is 3.49. The topological polar surface area (TPSA) is 78.0 Å². The van der Waals surface area contributed by atoms with Crippen molar-refractivity contribution in [3.8, 4) is 0 Å². The molecular formula is C17H20F2N6O. The summed E-state index contributed by atoms with van der Waals surface area (Å²) < 4.78 is 26.4. The van der Waals surface area contributed by atoms with E-state index in [0.29, 0.717) is 30.5 Å². The highest BCUT2D eigenvalue weighted by Crippen LogP contribution is 2.39. The van der Waals surface area contributed by atoms with Gasteiger partial charge in [-0.1, -0.05) is 0 Å². The lowest BCUT2D eigenvalue weighted by Crippen LogP contribution is -2.32. The molecule has 0 aromatic carbocycles. The fourth-order valence-corrected chi connectivity index (χ4v) is 3.16. The lowest BCUT2D eigenvalue weighted by Gasteiger charge is -2.24. The number of nitrogens with one attached hydrogen (secondary N) is 1. The first-order valence-electron chi connectivity index (χ1n) is 8.83. The molecule has 0 amide bonds. The van der Waals surface area contributed by atoms with Crippen molar-refractivity contribution in [3.63, 3.8) is 0 Å². The molecule has 1 aliphatic carbocycles. The SMILES string of the molecule is O=c1ccc(N2CCCN(c3cc(C(F)F)nc(C4CC4)n3)CC2)n[nH]1. The Bertz CT molecular complexity index is 797. The van der Waals surface area contributed by atoms with E-state index in [1.165, 1.54) is 12.1 Å². The van der Waals surface area contributed by atoms with Crippen LogP contribution >= 0.6 is 0 Å². The molecule has 2 aromatic rings. The van der Waals surface area contributed by atoms with Crippen LogP contribution in [0, 0.1) is 0 Å². The Morgan fingerprint density at radius 1 is 1.04 bits per heavy atom. The number of aromatic nitrogens is 4. The van der Waals surface area contributed by atoms with Crippen LogP contribution in [0.2, 0.25) is 0 Å². The van der Waals surface area contributed by atoms with Gasteiger partial charge in [-0.2, -0.15) is 5.10 Å². The molecule has 7 nitrogen and oxygen atoms in total. The summed E-state index contributed by atoms with van der Waals surface area (Å²) >= 11 is 0. The monoisotopic (exact) mass is 362 g/mol. The third-order valence-corrected chi connectivity index (χ3v) is 4.72. The Labute approximate surface area is 149 Å². The van der Waals surface area contributed by atoms with Crippen LogP contribution in [0.1, 0.15) is 43.1 Å². The maximum absolute atomic E-state index is 13.2. The molecule has 26 heavy (non-hydrogen) atoms. The van der Waals surface area contributed by atoms with Gasteiger partial charge in [-0.3, -0.25) is 4.79 Å². The van der Waals surface area contributed by atoms with E-state index < -0.39 is 6.43 Å². The van der Waals surface area contributed by atoms with Crippen molar-refractivity contribution in [2.45, 2.75) is 31.6 Å². The van der Waals surface area contributed by atoms with Crippen LogP contribution in [0.3, 0.4) is 0 Å². The highest BCUT2D eigenvalue weighted by atomic mass is 19.3. The molecule has 0 unspecified atom stereocenters. The van der Waals surface area contributed by atoms with E-state index in [-0.39, 0.29) is 17.2 Å². The summed E-state index contributed by atoms with van der Waals surface area (Å²) in [5.74, 6) is 2.05. The summed E-state index contributed by atoms with van der Waals surface area (Å²) in [4.78, 5) is 23.9. The van der Waals surface area contributed by atoms with Gasteiger partial charge in [0.1, 0.15) is 23.2 Å². The van der Waals surface area contributed by atoms with Crippen molar-refractivity contribution in [3.05, 3.63) is 40.1 Å². The van der Waals surface area contributed by atoms with Crippen molar-refractivity contribution in [1.82, 2.24) is 20.2 Å².